The van der Waals surface area contributed by atoms with Crippen molar-refractivity contribution < 1.29 is 37.3 Å². The highest BCUT2D eigenvalue weighted by Crippen LogP contribution is 2.38. The van der Waals surface area contributed by atoms with Gasteiger partial charge in [-0.1, -0.05) is 262 Å². The highest BCUT2D eigenvalue weighted by Gasteiger charge is 2.27. The van der Waals surface area contributed by atoms with Crippen molar-refractivity contribution in [1.29, 1.82) is 0 Å². The van der Waals surface area contributed by atoms with Gasteiger partial charge in [-0.3, -0.25) is 14.2 Å². The number of hydrogen-bond donors (Lipinski definition) is 1. The van der Waals surface area contributed by atoms with Gasteiger partial charge >= 0.3 is 5.97 Å². The Kier molecular flexibility index (Phi) is 56.2. The molecule has 0 heterocycles. The zero-order valence-corrected chi connectivity index (χ0v) is 53.0. The number of nitrogens with zero attached hydrogens (tertiary/aromatic N) is 1. The number of likely N-dealkylation sites (N-methyl/N-ethyl adjacent to an activating group) is 1. The molecule has 0 aliphatic heterocycles. The van der Waals surface area contributed by atoms with E-state index in [1.54, 1.807) is 0 Å². The summed E-state index contributed by atoms with van der Waals surface area (Å²) in [6.07, 6.45) is 73.3. The van der Waals surface area contributed by atoms with E-state index in [1.165, 1.54) is 186 Å². The molecule has 0 aromatic carbocycles. The third kappa shape index (κ3) is 58.4. The maximum atomic E-state index is 13.5. The average Bonchev–Trinajstić information content (AvgIpc) is 3.40. The van der Waals surface area contributed by atoms with Gasteiger partial charge in [0.1, 0.15) is 19.3 Å². The number of amides is 1. The molecule has 0 aliphatic rings. The molecule has 0 fully saturated rings. The van der Waals surface area contributed by atoms with Gasteiger partial charge < -0.3 is 28.5 Å². The van der Waals surface area contributed by atoms with Crippen LogP contribution in [-0.4, -0.2) is 69.4 Å². The highest BCUT2D eigenvalue weighted by atomic mass is 31.2. The first-order chi connectivity index (χ1) is 37.9. The number of carbonyl (C=O) groups excluding carboxylic acids is 2. The van der Waals surface area contributed by atoms with Crippen LogP contribution in [0.4, 0.5) is 0 Å². The summed E-state index contributed by atoms with van der Waals surface area (Å²) in [6, 6.07) is -0.895. The smallest absolute Gasteiger partial charge is 0.306 e. The van der Waals surface area contributed by atoms with Crippen molar-refractivity contribution in [2.45, 2.75) is 322 Å². The number of ether oxygens (including phenoxy) is 1. The molecule has 0 saturated carbocycles. The molecule has 3 atom stereocenters. The number of phosphoric acid groups is 1. The fourth-order valence-electron chi connectivity index (χ4n) is 9.52. The van der Waals surface area contributed by atoms with Crippen LogP contribution in [0.2, 0.25) is 0 Å². The molecule has 3 unspecified atom stereocenters. The van der Waals surface area contributed by atoms with Crippen LogP contribution in [0.25, 0.3) is 0 Å². The Morgan fingerprint density at radius 2 is 0.782 bits per heavy atom. The van der Waals surface area contributed by atoms with Gasteiger partial charge in [0.05, 0.1) is 33.8 Å². The molecule has 1 amide bonds. The van der Waals surface area contributed by atoms with Crippen molar-refractivity contribution >= 4 is 19.7 Å². The number of phosphoric ester groups is 1. The Morgan fingerprint density at radius 1 is 0.449 bits per heavy atom. The molecule has 0 saturated heterocycles. The summed E-state index contributed by atoms with van der Waals surface area (Å²) in [5.41, 5.74) is 0. The van der Waals surface area contributed by atoms with E-state index in [4.69, 9.17) is 13.8 Å². The monoisotopic (exact) mass is 1110 g/mol. The van der Waals surface area contributed by atoms with Crippen molar-refractivity contribution in [3.63, 3.8) is 0 Å². The molecule has 9 nitrogen and oxygen atoms in total. The van der Waals surface area contributed by atoms with Crippen LogP contribution in [-0.2, 0) is 27.9 Å². The van der Waals surface area contributed by atoms with E-state index in [1.807, 2.05) is 33.3 Å². The summed E-state index contributed by atoms with van der Waals surface area (Å²) in [7, 11) is 1.18. The zero-order valence-electron chi connectivity index (χ0n) is 52.1. The first kappa shape index (κ1) is 75.7. The minimum Gasteiger partial charge on any atom is -0.756 e. The number of unbranched alkanes of at least 4 members (excludes halogenated alkanes) is 36. The minimum atomic E-state index is -4.70. The van der Waals surface area contributed by atoms with Gasteiger partial charge in [-0.05, 0) is 96.0 Å². The molecule has 1 N–H and O–H groups in total. The van der Waals surface area contributed by atoms with Crippen molar-refractivity contribution in [3.8, 4) is 0 Å². The van der Waals surface area contributed by atoms with Gasteiger partial charge in [-0.25, -0.2) is 0 Å². The maximum absolute atomic E-state index is 13.5. The third-order valence-corrected chi connectivity index (χ3v) is 15.6. The number of carbonyl (C=O) groups is 2. The summed E-state index contributed by atoms with van der Waals surface area (Å²) in [4.78, 5) is 40.1. The van der Waals surface area contributed by atoms with Gasteiger partial charge in [0.25, 0.3) is 7.82 Å². The molecule has 10 heteroatoms. The SMILES string of the molecule is CCCCC/C=C\C/C=C\C/C=C\CCCCCCCCCCCCC(=O)OC(/C=C\CCCCCCCCCCCCC)C(COP(=O)([O-])OCC[N+](C)(C)C)NC(=O)CCCCCCC/C=C/CCCCCCCCC. The quantitative estimate of drug-likeness (QED) is 0.0212. The fraction of sp³-hybridized carbons (Fsp3) is 0.824. The van der Waals surface area contributed by atoms with Crippen LogP contribution in [0.5, 0.6) is 0 Å². The van der Waals surface area contributed by atoms with Crippen LogP contribution in [0.1, 0.15) is 310 Å². The molecular weight excluding hydrogens is 988 g/mol. The second kappa shape index (κ2) is 57.9. The summed E-state index contributed by atoms with van der Waals surface area (Å²) in [5, 5.41) is 3.03. The number of nitrogens with one attached hydrogen (secondary N) is 1. The summed E-state index contributed by atoms with van der Waals surface area (Å²) < 4.78 is 30.4. The zero-order chi connectivity index (χ0) is 57.2. The van der Waals surface area contributed by atoms with Gasteiger partial charge in [0.2, 0.25) is 5.91 Å². The Bertz CT molecular complexity index is 1520. The molecule has 0 bridgehead atoms. The number of rotatable bonds is 60. The Hall–Kier alpha value is -2.29. The van der Waals surface area contributed by atoms with E-state index in [0.29, 0.717) is 17.4 Å². The first-order valence-corrected chi connectivity index (χ1v) is 34.6. The van der Waals surface area contributed by atoms with Crippen LogP contribution in [0, 0.1) is 0 Å². The van der Waals surface area contributed by atoms with E-state index in [9.17, 15) is 19.0 Å². The molecular formula is C68H127N2O7P. The lowest BCUT2D eigenvalue weighted by molar-refractivity contribution is -0.870. The molecule has 0 radical (unpaired) electrons. The summed E-state index contributed by atoms with van der Waals surface area (Å²) in [6.45, 7) is 6.83. The van der Waals surface area contributed by atoms with Crippen molar-refractivity contribution in [2.75, 3.05) is 40.9 Å². The normalized spacial score (nSPS) is 14.0. The number of esters is 1. The minimum absolute atomic E-state index is 0.0249. The lowest BCUT2D eigenvalue weighted by atomic mass is 10.0. The highest BCUT2D eigenvalue weighted by molar-refractivity contribution is 7.45. The number of allylic oxidation sites excluding steroid dienone is 9. The average molecular weight is 1120 g/mol. The van der Waals surface area contributed by atoms with E-state index in [0.717, 1.165) is 89.9 Å². The van der Waals surface area contributed by atoms with Gasteiger partial charge in [0, 0.05) is 12.8 Å². The Morgan fingerprint density at radius 3 is 1.21 bits per heavy atom. The van der Waals surface area contributed by atoms with E-state index in [-0.39, 0.29) is 24.9 Å². The topological polar surface area (TPSA) is 114 Å². The summed E-state index contributed by atoms with van der Waals surface area (Å²) >= 11 is 0. The van der Waals surface area contributed by atoms with Gasteiger partial charge in [-0.2, -0.15) is 0 Å². The Labute approximate surface area is 483 Å². The molecule has 0 spiro atoms. The molecule has 0 aromatic heterocycles. The van der Waals surface area contributed by atoms with Crippen LogP contribution < -0.4 is 10.2 Å². The molecule has 0 rings (SSSR count). The van der Waals surface area contributed by atoms with E-state index in [2.05, 4.69) is 74.7 Å². The number of quaternary nitrogens is 1. The molecule has 0 aliphatic carbocycles. The third-order valence-electron chi connectivity index (χ3n) is 14.7. The Balaban J connectivity index is 5.20. The summed E-state index contributed by atoms with van der Waals surface area (Å²) in [5.74, 6) is -0.547. The maximum Gasteiger partial charge on any atom is 0.306 e. The predicted molar refractivity (Wildman–Crippen MR) is 335 cm³/mol. The second-order valence-corrected chi connectivity index (χ2v) is 25.0. The molecule has 0 aromatic rings. The second-order valence-electron chi connectivity index (χ2n) is 23.6. The van der Waals surface area contributed by atoms with Gasteiger partial charge in [0.15, 0.2) is 0 Å². The van der Waals surface area contributed by atoms with Crippen LogP contribution >= 0.6 is 7.82 Å². The number of hydrogen-bond acceptors (Lipinski definition) is 7. The van der Waals surface area contributed by atoms with E-state index < -0.39 is 26.6 Å². The lowest BCUT2D eigenvalue weighted by Gasteiger charge is -2.30. The lowest BCUT2D eigenvalue weighted by Crippen LogP contribution is -2.47. The van der Waals surface area contributed by atoms with E-state index >= 15 is 0 Å². The predicted octanol–water partition coefficient (Wildman–Crippen LogP) is 20.0. The van der Waals surface area contributed by atoms with Gasteiger partial charge in [-0.15, -0.1) is 0 Å². The molecule has 456 valence electrons. The van der Waals surface area contributed by atoms with Crippen LogP contribution in [0.15, 0.2) is 60.8 Å². The largest absolute Gasteiger partial charge is 0.756 e. The van der Waals surface area contributed by atoms with Crippen molar-refractivity contribution in [3.05, 3.63) is 60.8 Å². The fourth-order valence-corrected chi connectivity index (χ4v) is 10.2. The molecule has 78 heavy (non-hydrogen) atoms. The van der Waals surface area contributed by atoms with Crippen LogP contribution in [0.3, 0.4) is 0 Å². The first-order valence-electron chi connectivity index (χ1n) is 33.1. The van der Waals surface area contributed by atoms with Crippen molar-refractivity contribution in [1.82, 2.24) is 5.32 Å². The standard InChI is InChI=1S/C68H127N2O7P/c1-7-10-13-16-19-22-25-28-30-32-33-34-35-36-37-38-40-43-46-49-52-55-58-61-68(72)77-66(59-56-53-50-47-44-41-27-24-21-18-15-12-9-3)65(64-76-78(73,74)75-63-62-70(4,5)6)69-67(71)60-57-54-51-48-45-42-39-31-29-26-23-20-17-14-11-8-2/h19,22,28,30-31,33-34,39,56,59,65-66H,7-18,20-21,23-27,29,32,35-38,40-55,57-58,60-64H2,1-6H3,(H-,69,71,73,74)/b22-19-,30-28-,34-33-,39-31+,59-56-. The van der Waals surface area contributed by atoms with Crippen molar-refractivity contribution in [2.24, 2.45) is 0 Å².